The van der Waals surface area contributed by atoms with Gasteiger partial charge in [0.1, 0.15) is 12.4 Å². The minimum absolute atomic E-state index is 0.000435. The number of hydrogen-bond acceptors (Lipinski definition) is 8. The third-order valence-corrected chi connectivity index (χ3v) is 6.98. The summed E-state index contributed by atoms with van der Waals surface area (Å²) in [7, 11) is 1.79. The molecule has 1 fully saturated rings. The number of aromatic nitrogens is 3. The van der Waals surface area contributed by atoms with Crippen LogP contribution in [0.3, 0.4) is 0 Å². The first kappa shape index (κ1) is 22.6. The number of hydrogen-bond donors (Lipinski definition) is 0. The van der Waals surface area contributed by atoms with Crippen LogP contribution < -0.4 is 14.4 Å². The number of likely N-dealkylation sites (N-methyl/N-ethyl adjacent to an activating group) is 1. The van der Waals surface area contributed by atoms with Gasteiger partial charge in [0.2, 0.25) is 11.9 Å². The van der Waals surface area contributed by atoms with Crippen LogP contribution in [0.25, 0.3) is 0 Å². The van der Waals surface area contributed by atoms with Crippen molar-refractivity contribution in [3.63, 3.8) is 0 Å². The van der Waals surface area contributed by atoms with Gasteiger partial charge in [0.25, 0.3) is 0 Å². The molecule has 10 heteroatoms. The second kappa shape index (κ2) is 10.4. The van der Waals surface area contributed by atoms with Crippen LogP contribution in [0.4, 0.5) is 5.95 Å². The van der Waals surface area contributed by atoms with Crippen LogP contribution in [0.15, 0.2) is 52.2 Å². The number of thioether (sulfide) groups is 1. The number of fused-ring (bicyclic) bond motifs is 1. The first-order valence-corrected chi connectivity index (χ1v) is 12.6. The van der Waals surface area contributed by atoms with E-state index in [0.29, 0.717) is 30.6 Å². The van der Waals surface area contributed by atoms with E-state index in [0.717, 1.165) is 43.4 Å². The van der Waals surface area contributed by atoms with Gasteiger partial charge in [-0.15, -0.1) is 10.2 Å². The van der Waals surface area contributed by atoms with Gasteiger partial charge in [0.05, 0.1) is 25.1 Å². The highest BCUT2D eigenvalue weighted by Gasteiger charge is 2.25. The van der Waals surface area contributed by atoms with Gasteiger partial charge in [-0.05, 0) is 43.5 Å². The molecule has 4 heterocycles. The van der Waals surface area contributed by atoms with E-state index in [1.165, 1.54) is 18.2 Å². The third kappa shape index (κ3) is 5.16. The average molecular weight is 484 g/mol. The lowest BCUT2D eigenvalue weighted by molar-refractivity contribution is -0.128. The molecule has 0 saturated carbocycles. The lowest BCUT2D eigenvalue weighted by atomic mass is 10.1. The number of carbonyl (C=O) groups is 1. The van der Waals surface area contributed by atoms with Crippen LogP contribution in [-0.4, -0.2) is 70.7 Å². The second-order valence-corrected chi connectivity index (χ2v) is 9.50. The van der Waals surface area contributed by atoms with Gasteiger partial charge in [-0.3, -0.25) is 9.36 Å². The molecule has 2 aromatic heterocycles. The minimum Gasteiger partial charge on any atom is -0.486 e. The molecule has 0 aliphatic carbocycles. The summed E-state index contributed by atoms with van der Waals surface area (Å²) >= 11 is 1.40. The highest BCUT2D eigenvalue weighted by atomic mass is 32.2. The van der Waals surface area contributed by atoms with E-state index in [1.54, 1.807) is 18.2 Å². The van der Waals surface area contributed by atoms with Gasteiger partial charge in [0.15, 0.2) is 22.8 Å². The van der Waals surface area contributed by atoms with E-state index in [1.807, 2.05) is 36.4 Å². The fourth-order valence-electron chi connectivity index (χ4n) is 4.21. The van der Waals surface area contributed by atoms with Crippen molar-refractivity contribution in [1.82, 2.24) is 19.7 Å². The number of ether oxygens (including phenoxy) is 2. The Labute approximate surface area is 203 Å². The molecule has 2 aliphatic heterocycles. The molecule has 1 saturated heterocycles. The molecule has 180 valence electrons. The number of rotatable bonds is 8. The van der Waals surface area contributed by atoms with E-state index in [4.69, 9.17) is 13.9 Å². The van der Waals surface area contributed by atoms with Gasteiger partial charge >= 0.3 is 0 Å². The Balaban J connectivity index is 1.21. The van der Waals surface area contributed by atoms with Gasteiger partial charge in [-0.1, -0.05) is 23.9 Å². The van der Waals surface area contributed by atoms with Gasteiger partial charge in [-0.25, -0.2) is 0 Å². The number of furan rings is 1. The monoisotopic (exact) mass is 483 g/mol. The maximum atomic E-state index is 12.9. The molecular weight excluding hydrogens is 454 g/mol. The molecule has 5 rings (SSSR count). The normalized spacial score (nSPS) is 17.6. The van der Waals surface area contributed by atoms with Crippen molar-refractivity contribution in [1.29, 1.82) is 0 Å². The summed E-state index contributed by atoms with van der Waals surface area (Å²) in [6.45, 7) is 3.33. The van der Waals surface area contributed by atoms with Crippen LogP contribution in [0.2, 0.25) is 0 Å². The number of para-hydroxylation sites is 2. The number of benzene rings is 1. The standard InChI is InChI=1S/C24H29N5O4S/c1-27(14-19-16-32-20-9-3-4-10-21(20)33-19)22(30)17-34-24-26-25-23(28-11-5-2-6-12-28)29(24)15-18-8-7-13-31-18/h3-4,7-10,13,19H,2,5-6,11-12,14-17H2,1H3. The van der Waals surface area contributed by atoms with E-state index in [2.05, 4.69) is 19.7 Å². The molecule has 9 nitrogen and oxygen atoms in total. The van der Waals surface area contributed by atoms with Crippen LogP contribution in [0.5, 0.6) is 11.5 Å². The number of carbonyl (C=O) groups excluding carboxylic acids is 1. The molecule has 0 radical (unpaired) electrons. The number of piperidine rings is 1. The number of nitrogens with zero attached hydrogens (tertiary/aromatic N) is 5. The van der Waals surface area contributed by atoms with E-state index >= 15 is 0 Å². The molecule has 0 N–H and O–H groups in total. The molecular formula is C24H29N5O4S. The zero-order valence-corrected chi connectivity index (χ0v) is 20.1. The van der Waals surface area contributed by atoms with Crippen LogP contribution in [0.1, 0.15) is 25.0 Å². The molecule has 2 aliphatic rings. The smallest absolute Gasteiger partial charge is 0.232 e. The fourth-order valence-corrected chi connectivity index (χ4v) is 5.08. The Morgan fingerprint density at radius 1 is 1.12 bits per heavy atom. The first-order valence-electron chi connectivity index (χ1n) is 11.6. The second-order valence-electron chi connectivity index (χ2n) is 8.56. The molecule has 0 bridgehead atoms. The topological polar surface area (TPSA) is 85.9 Å². The Bertz CT molecular complexity index is 1100. The quantitative estimate of drug-likeness (QED) is 0.451. The fraction of sp³-hybridized carbons (Fsp3) is 0.458. The summed E-state index contributed by atoms with van der Waals surface area (Å²) in [5.74, 6) is 3.38. The molecule has 1 amide bonds. The van der Waals surface area contributed by atoms with E-state index in [9.17, 15) is 4.79 Å². The summed E-state index contributed by atoms with van der Waals surface area (Å²) in [5.41, 5.74) is 0. The number of amides is 1. The average Bonchev–Trinajstić information content (AvgIpc) is 3.53. The van der Waals surface area contributed by atoms with Gasteiger partial charge < -0.3 is 23.7 Å². The minimum atomic E-state index is -0.206. The van der Waals surface area contributed by atoms with E-state index < -0.39 is 0 Å². The highest BCUT2D eigenvalue weighted by molar-refractivity contribution is 7.99. The lowest BCUT2D eigenvalue weighted by Gasteiger charge is -2.29. The van der Waals surface area contributed by atoms with Crippen molar-refractivity contribution in [2.45, 2.75) is 37.1 Å². The zero-order valence-electron chi connectivity index (χ0n) is 19.3. The van der Waals surface area contributed by atoms with Crippen molar-refractivity contribution in [2.75, 3.05) is 43.9 Å². The first-order chi connectivity index (χ1) is 16.7. The summed E-state index contributed by atoms with van der Waals surface area (Å²) in [5, 5.41) is 9.61. The Kier molecular flexibility index (Phi) is 6.94. The van der Waals surface area contributed by atoms with Crippen LogP contribution in [-0.2, 0) is 11.3 Å². The van der Waals surface area contributed by atoms with Crippen molar-refractivity contribution >= 4 is 23.6 Å². The molecule has 1 atom stereocenters. The zero-order chi connectivity index (χ0) is 23.3. The predicted octanol–water partition coefficient (Wildman–Crippen LogP) is 3.30. The summed E-state index contributed by atoms with van der Waals surface area (Å²) in [6, 6.07) is 11.4. The molecule has 0 spiro atoms. The third-order valence-electron chi connectivity index (χ3n) is 6.03. The lowest BCUT2D eigenvalue weighted by Crippen LogP contribution is -2.42. The van der Waals surface area contributed by atoms with Crippen molar-refractivity contribution in [3.05, 3.63) is 48.4 Å². The summed E-state index contributed by atoms with van der Waals surface area (Å²) in [4.78, 5) is 16.9. The van der Waals surface area contributed by atoms with Crippen molar-refractivity contribution in [2.24, 2.45) is 0 Å². The predicted molar refractivity (Wildman–Crippen MR) is 129 cm³/mol. The van der Waals surface area contributed by atoms with Crippen LogP contribution >= 0.6 is 11.8 Å². The number of anilines is 1. The summed E-state index contributed by atoms with van der Waals surface area (Å²) < 4.78 is 19.4. The highest BCUT2D eigenvalue weighted by Crippen LogP contribution is 2.31. The van der Waals surface area contributed by atoms with Crippen molar-refractivity contribution < 1.29 is 18.7 Å². The van der Waals surface area contributed by atoms with Crippen molar-refractivity contribution in [3.8, 4) is 11.5 Å². The molecule has 34 heavy (non-hydrogen) atoms. The maximum absolute atomic E-state index is 12.9. The summed E-state index contributed by atoms with van der Waals surface area (Å²) in [6.07, 6.45) is 5.00. The molecule has 1 unspecified atom stereocenters. The van der Waals surface area contributed by atoms with Crippen LogP contribution in [0, 0.1) is 0 Å². The van der Waals surface area contributed by atoms with Gasteiger partial charge in [-0.2, -0.15) is 0 Å². The largest absolute Gasteiger partial charge is 0.486 e. The maximum Gasteiger partial charge on any atom is 0.232 e. The Morgan fingerprint density at radius 2 is 1.94 bits per heavy atom. The Hall–Kier alpha value is -3.14. The molecule has 3 aromatic rings. The van der Waals surface area contributed by atoms with E-state index in [-0.39, 0.29) is 17.8 Å². The van der Waals surface area contributed by atoms with Gasteiger partial charge in [0, 0.05) is 20.1 Å². The Morgan fingerprint density at radius 3 is 2.74 bits per heavy atom. The SMILES string of the molecule is CN(CC1COc2ccccc2O1)C(=O)CSc1nnc(N2CCCCC2)n1Cc1ccco1. The molecule has 1 aromatic carbocycles.